The second-order valence-corrected chi connectivity index (χ2v) is 12.8. The van der Waals surface area contributed by atoms with Crippen molar-refractivity contribution >= 4 is 35.0 Å². The number of fused-ring (bicyclic) bond motifs is 1. The minimum absolute atomic E-state index is 0.0168. The average molecular weight is 645 g/mol. The van der Waals surface area contributed by atoms with E-state index in [1.807, 2.05) is 4.90 Å². The van der Waals surface area contributed by atoms with Crippen LogP contribution in [0.25, 0.3) is 11.3 Å². The largest absolute Gasteiger partial charge is 0.435 e. The van der Waals surface area contributed by atoms with E-state index >= 15 is 0 Å². The van der Waals surface area contributed by atoms with Crippen LogP contribution in [0.2, 0.25) is 5.02 Å². The van der Waals surface area contributed by atoms with Gasteiger partial charge in [0.15, 0.2) is 11.5 Å². The molecule has 1 aromatic carbocycles. The third-order valence-electron chi connectivity index (χ3n) is 9.35. The fourth-order valence-corrected chi connectivity index (χ4v) is 6.89. The Morgan fingerprint density at radius 2 is 1.76 bits per heavy atom. The molecule has 2 aromatic heterocycles. The number of amides is 3. The molecule has 0 radical (unpaired) electrons. The number of aromatic nitrogens is 4. The molecule has 2 saturated heterocycles. The fraction of sp³-hybridized carbons (Fsp3) is 0.500. The van der Waals surface area contributed by atoms with Gasteiger partial charge in [0.2, 0.25) is 5.91 Å². The number of likely N-dealkylation sites (tertiary alicyclic amines) is 1. The summed E-state index contributed by atoms with van der Waals surface area (Å²) in [6.07, 6.45) is 1.15. The van der Waals surface area contributed by atoms with Crippen molar-refractivity contribution in [3.05, 3.63) is 52.7 Å². The third-order valence-corrected chi connectivity index (χ3v) is 9.66. The van der Waals surface area contributed by atoms with E-state index in [-0.39, 0.29) is 69.3 Å². The molecule has 15 heteroatoms. The molecule has 0 bridgehead atoms. The van der Waals surface area contributed by atoms with Gasteiger partial charge >= 0.3 is 6.18 Å². The first-order chi connectivity index (χ1) is 21.5. The van der Waals surface area contributed by atoms with E-state index in [9.17, 15) is 27.6 Å². The van der Waals surface area contributed by atoms with Gasteiger partial charge in [-0.1, -0.05) is 11.6 Å². The predicted molar refractivity (Wildman–Crippen MR) is 158 cm³/mol. The lowest BCUT2D eigenvalue weighted by Gasteiger charge is -2.28. The number of halogens is 4. The van der Waals surface area contributed by atoms with Crippen LogP contribution in [0.5, 0.6) is 0 Å². The highest BCUT2D eigenvalue weighted by molar-refractivity contribution is 6.34. The lowest BCUT2D eigenvalue weighted by atomic mass is 9.96. The number of nitrogens with one attached hydrogen (secondary N) is 3. The zero-order chi connectivity index (χ0) is 31.6. The van der Waals surface area contributed by atoms with Crippen molar-refractivity contribution in [3.8, 4) is 11.3 Å². The molecule has 2 unspecified atom stereocenters. The number of nitrogens with zero attached hydrogens (tertiary/aromatic N) is 5. The first-order valence-electron chi connectivity index (χ1n) is 15.1. The van der Waals surface area contributed by atoms with Crippen molar-refractivity contribution in [2.45, 2.75) is 43.9 Å². The summed E-state index contributed by atoms with van der Waals surface area (Å²) in [5, 5.41) is 12.9. The van der Waals surface area contributed by atoms with Crippen LogP contribution >= 0.6 is 11.6 Å². The summed E-state index contributed by atoms with van der Waals surface area (Å²) >= 11 is 6.43. The SMILES string of the molecule is Cn1c(-c2cn(C3CC3)nc2C(F)(F)F)cnc1C(=O)Nc1ccc(C(=O)NC2C3CN(C(=O)C4CCNCC4)CC32)c(Cl)c1. The van der Waals surface area contributed by atoms with Crippen LogP contribution in [-0.4, -0.2) is 74.2 Å². The van der Waals surface area contributed by atoms with Gasteiger partial charge in [-0.25, -0.2) is 4.98 Å². The summed E-state index contributed by atoms with van der Waals surface area (Å²) in [4.78, 5) is 44.9. The molecular formula is C30H32ClF3N8O3. The topological polar surface area (TPSA) is 126 Å². The lowest BCUT2D eigenvalue weighted by molar-refractivity contribution is -0.141. The van der Waals surface area contributed by atoms with E-state index in [1.165, 1.54) is 46.9 Å². The number of anilines is 1. The van der Waals surface area contributed by atoms with Crippen LogP contribution in [0.3, 0.4) is 0 Å². The van der Waals surface area contributed by atoms with Crippen molar-refractivity contribution in [1.29, 1.82) is 0 Å². The highest BCUT2D eigenvalue weighted by Crippen LogP contribution is 2.46. The number of benzene rings is 1. The molecule has 45 heavy (non-hydrogen) atoms. The van der Waals surface area contributed by atoms with E-state index in [4.69, 9.17) is 11.6 Å². The zero-order valence-electron chi connectivity index (χ0n) is 24.4. The summed E-state index contributed by atoms with van der Waals surface area (Å²) in [5.41, 5.74) is -0.536. The molecule has 3 N–H and O–H groups in total. The van der Waals surface area contributed by atoms with Crippen LogP contribution < -0.4 is 16.0 Å². The Balaban J connectivity index is 0.973. The molecule has 3 amide bonds. The van der Waals surface area contributed by atoms with Crippen molar-refractivity contribution < 1.29 is 27.6 Å². The first-order valence-corrected chi connectivity index (χ1v) is 15.5. The number of carbonyl (C=O) groups is 3. The standard InChI is InChI=1S/C30H32ClF3N8O3/c1-40-23(21-14-42(17-3-4-17)39-25(21)30(32,33)34)11-36-26(40)28(44)37-16-2-5-18(22(31)10-16)27(43)38-24-19-12-41(13-20(19)24)29(45)15-6-8-35-9-7-15/h2,5,10-11,14-15,17,19-20,24,35H,3-4,6-9,12-13H2,1H3,(H,37,44)(H,38,43). The Bertz CT molecular complexity index is 1660. The summed E-state index contributed by atoms with van der Waals surface area (Å²) < 4.78 is 43.8. The highest BCUT2D eigenvalue weighted by Gasteiger charge is 2.57. The summed E-state index contributed by atoms with van der Waals surface area (Å²) in [5.74, 6) is -0.350. The fourth-order valence-electron chi connectivity index (χ4n) is 6.63. The van der Waals surface area contributed by atoms with Crippen LogP contribution in [-0.2, 0) is 18.0 Å². The van der Waals surface area contributed by atoms with Crippen molar-refractivity contribution in [3.63, 3.8) is 0 Å². The number of hydrogen-bond donors (Lipinski definition) is 3. The number of hydrogen-bond acceptors (Lipinski definition) is 6. The molecule has 3 aromatic rings. The minimum Gasteiger partial charge on any atom is -0.349 e. The molecule has 7 rings (SSSR count). The predicted octanol–water partition coefficient (Wildman–Crippen LogP) is 3.73. The molecule has 0 spiro atoms. The van der Waals surface area contributed by atoms with Crippen LogP contribution in [0.15, 0.2) is 30.6 Å². The Morgan fingerprint density at radius 1 is 1.04 bits per heavy atom. The number of imidazole rings is 1. The van der Waals surface area contributed by atoms with E-state index in [1.54, 1.807) is 0 Å². The normalized spacial score (nSPS) is 23.1. The molecule has 11 nitrogen and oxygen atoms in total. The summed E-state index contributed by atoms with van der Waals surface area (Å²) in [6, 6.07) is 4.39. The van der Waals surface area contributed by atoms with Gasteiger partial charge in [-0.2, -0.15) is 18.3 Å². The van der Waals surface area contributed by atoms with E-state index in [0.717, 1.165) is 38.8 Å². The zero-order valence-corrected chi connectivity index (χ0v) is 25.2. The van der Waals surface area contributed by atoms with Gasteiger partial charge in [0.25, 0.3) is 11.8 Å². The van der Waals surface area contributed by atoms with Gasteiger partial charge in [0.05, 0.1) is 34.1 Å². The summed E-state index contributed by atoms with van der Waals surface area (Å²) in [7, 11) is 1.46. The first kappa shape index (κ1) is 29.8. The minimum atomic E-state index is -4.67. The molecule has 2 aliphatic heterocycles. The maximum absolute atomic E-state index is 13.7. The van der Waals surface area contributed by atoms with Crippen LogP contribution in [0.1, 0.15) is 58.4 Å². The monoisotopic (exact) mass is 644 g/mol. The smallest absolute Gasteiger partial charge is 0.349 e. The average Bonchev–Trinajstić information content (AvgIpc) is 3.76. The number of piperidine rings is 2. The molecule has 2 saturated carbocycles. The van der Waals surface area contributed by atoms with Crippen LogP contribution in [0, 0.1) is 17.8 Å². The van der Waals surface area contributed by atoms with Gasteiger partial charge in [0, 0.05) is 55.8 Å². The maximum atomic E-state index is 13.7. The lowest BCUT2D eigenvalue weighted by Crippen LogP contribution is -2.43. The van der Waals surface area contributed by atoms with Gasteiger partial charge in [-0.05, 0) is 57.0 Å². The number of carbonyl (C=O) groups excluding carboxylic acids is 3. The molecule has 238 valence electrons. The summed E-state index contributed by atoms with van der Waals surface area (Å²) in [6.45, 7) is 3.02. The Hall–Kier alpha value is -3.91. The molecule has 4 heterocycles. The Labute approximate surface area is 261 Å². The van der Waals surface area contributed by atoms with Crippen molar-refractivity contribution in [2.75, 3.05) is 31.5 Å². The highest BCUT2D eigenvalue weighted by atomic mass is 35.5. The van der Waals surface area contributed by atoms with E-state index < -0.39 is 17.8 Å². The molecule has 4 fully saturated rings. The van der Waals surface area contributed by atoms with Gasteiger partial charge in [0.1, 0.15) is 0 Å². The quantitative estimate of drug-likeness (QED) is 0.360. The molecule has 4 aliphatic rings. The molecule has 2 aliphatic carbocycles. The maximum Gasteiger partial charge on any atom is 0.435 e. The van der Waals surface area contributed by atoms with Gasteiger partial charge in [-0.15, -0.1) is 0 Å². The van der Waals surface area contributed by atoms with Crippen molar-refractivity contribution in [1.82, 2.24) is 34.9 Å². The van der Waals surface area contributed by atoms with Gasteiger partial charge in [-0.3, -0.25) is 19.1 Å². The third kappa shape index (κ3) is 5.69. The Morgan fingerprint density at radius 3 is 2.40 bits per heavy atom. The second kappa shape index (κ2) is 11.2. The Kier molecular flexibility index (Phi) is 7.39. The number of alkyl halides is 3. The van der Waals surface area contributed by atoms with E-state index in [0.29, 0.717) is 18.8 Å². The van der Waals surface area contributed by atoms with Gasteiger partial charge < -0.3 is 25.4 Å². The number of rotatable bonds is 7. The second-order valence-electron chi connectivity index (χ2n) is 12.4. The molecular weight excluding hydrogens is 613 g/mol. The van der Waals surface area contributed by atoms with E-state index in [2.05, 4.69) is 26.0 Å². The van der Waals surface area contributed by atoms with Crippen molar-refractivity contribution in [2.24, 2.45) is 24.8 Å². The van der Waals surface area contributed by atoms with Crippen LogP contribution in [0.4, 0.5) is 18.9 Å². The molecule has 2 atom stereocenters.